The maximum Gasteiger partial charge on any atom is 0.301 e. The van der Waals surface area contributed by atoms with E-state index >= 15 is 0 Å². The van der Waals surface area contributed by atoms with E-state index in [4.69, 9.17) is 14.2 Å². The summed E-state index contributed by atoms with van der Waals surface area (Å²) in [6, 6.07) is 18.4. The molecule has 3 aromatic carbocycles. The van der Waals surface area contributed by atoms with Gasteiger partial charge in [0.1, 0.15) is 11.5 Å². The van der Waals surface area contributed by atoms with Crippen LogP contribution in [-0.2, 0) is 9.59 Å². The number of aromatic nitrogens is 1. The molecule has 0 saturated carbocycles. The summed E-state index contributed by atoms with van der Waals surface area (Å²) in [5.74, 6) is -0.163. The Bertz CT molecular complexity index is 1550. The monoisotopic (exact) mass is 530 g/mol. The van der Waals surface area contributed by atoms with Gasteiger partial charge in [0.05, 0.1) is 42.2 Å². The highest BCUT2D eigenvalue weighted by Crippen LogP contribution is 2.46. The molecule has 5 rings (SSSR count). The number of fused-ring (bicyclic) bond motifs is 1. The van der Waals surface area contributed by atoms with Crippen LogP contribution in [0, 0.1) is 0 Å². The number of carbonyl (C=O) groups is 2. The molecule has 1 atom stereocenters. The molecular weight excluding hydrogens is 504 g/mol. The number of carbonyl (C=O) groups excluding carboxylic acids is 2. The Labute approximate surface area is 223 Å². The largest absolute Gasteiger partial charge is 0.507 e. The summed E-state index contributed by atoms with van der Waals surface area (Å²) in [7, 11) is 1.52. The number of thiazole rings is 1. The Kier molecular flexibility index (Phi) is 7.02. The van der Waals surface area contributed by atoms with Gasteiger partial charge in [-0.2, -0.15) is 0 Å². The van der Waals surface area contributed by atoms with Gasteiger partial charge in [-0.15, -0.1) is 0 Å². The molecule has 0 radical (unpaired) electrons. The average molecular weight is 531 g/mol. The predicted molar refractivity (Wildman–Crippen MR) is 146 cm³/mol. The Morgan fingerprint density at radius 1 is 0.974 bits per heavy atom. The van der Waals surface area contributed by atoms with Crippen LogP contribution in [0.2, 0.25) is 0 Å². The number of hydrogen-bond donors (Lipinski definition) is 1. The SMILES string of the molecule is CCOc1ccc2nc(N3C(=O)C(=O)/C(=C(/O)c4ccccc4)C3c3ccc(OCC)c(OC)c3)sc2c1. The molecule has 1 aromatic heterocycles. The summed E-state index contributed by atoms with van der Waals surface area (Å²) in [5.41, 5.74) is 1.64. The summed E-state index contributed by atoms with van der Waals surface area (Å²) in [5, 5.41) is 11.6. The molecule has 0 bridgehead atoms. The summed E-state index contributed by atoms with van der Waals surface area (Å²) >= 11 is 1.27. The molecular formula is C29H26N2O6S. The standard InChI is InChI=1S/C29H26N2O6S/c1-4-36-19-12-13-20-23(16-19)38-29(30-20)31-25(18-11-14-21(37-5-2)22(15-18)35-3)24(27(33)28(31)34)26(32)17-9-7-6-8-10-17/h6-16,25,32H,4-5H2,1-3H3/b26-24+. The zero-order valence-electron chi connectivity index (χ0n) is 21.1. The van der Waals surface area contributed by atoms with Gasteiger partial charge in [0, 0.05) is 5.56 Å². The van der Waals surface area contributed by atoms with E-state index < -0.39 is 17.7 Å². The van der Waals surface area contributed by atoms with Crippen LogP contribution in [0.3, 0.4) is 0 Å². The fraction of sp³-hybridized carbons (Fsp3) is 0.207. The van der Waals surface area contributed by atoms with E-state index in [0.717, 1.165) is 4.70 Å². The molecule has 2 heterocycles. The van der Waals surface area contributed by atoms with Crippen molar-refractivity contribution in [2.24, 2.45) is 0 Å². The molecule has 0 spiro atoms. The van der Waals surface area contributed by atoms with Crippen molar-refractivity contribution in [3.8, 4) is 17.2 Å². The topological polar surface area (TPSA) is 98.2 Å². The van der Waals surface area contributed by atoms with E-state index in [1.807, 2.05) is 38.1 Å². The van der Waals surface area contributed by atoms with Crippen LogP contribution in [0.5, 0.6) is 17.2 Å². The number of aliphatic hydroxyl groups excluding tert-OH is 1. The summed E-state index contributed by atoms with van der Waals surface area (Å²) in [4.78, 5) is 33.0. The molecule has 8 nitrogen and oxygen atoms in total. The van der Waals surface area contributed by atoms with E-state index in [-0.39, 0.29) is 11.3 Å². The Balaban J connectivity index is 1.71. The summed E-state index contributed by atoms with van der Waals surface area (Å²) < 4.78 is 17.6. The fourth-order valence-electron chi connectivity index (χ4n) is 4.48. The third-order valence-corrected chi connectivity index (χ3v) is 7.18. The molecule has 1 aliphatic heterocycles. The molecule has 9 heteroatoms. The van der Waals surface area contributed by atoms with Crippen LogP contribution >= 0.6 is 11.3 Å². The number of ether oxygens (including phenoxy) is 3. The molecule has 1 saturated heterocycles. The minimum absolute atomic E-state index is 0.0262. The lowest BCUT2D eigenvalue weighted by molar-refractivity contribution is -0.132. The van der Waals surface area contributed by atoms with Crippen molar-refractivity contribution in [1.29, 1.82) is 0 Å². The third kappa shape index (κ3) is 4.45. The normalized spacial score (nSPS) is 16.7. The molecule has 1 fully saturated rings. The second kappa shape index (κ2) is 10.5. The number of ketones is 1. The lowest BCUT2D eigenvalue weighted by Gasteiger charge is -2.24. The average Bonchev–Trinajstić information content (AvgIpc) is 3.47. The van der Waals surface area contributed by atoms with E-state index in [1.54, 1.807) is 42.5 Å². The van der Waals surface area contributed by atoms with Crippen LogP contribution in [0.4, 0.5) is 5.13 Å². The van der Waals surface area contributed by atoms with Gasteiger partial charge >= 0.3 is 5.91 Å². The highest BCUT2D eigenvalue weighted by molar-refractivity contribution is 7.22. The second-order valence-corrected chi connectivity index (χ2v) is 9.45. The minimum atomic E-state index is -0.938. The molecule has 1 unspecified atom stereocenters. The van der Waals surface area contributed by atoms with Crippen LogP contribution < -0.4 is 19.1 Å². The summed E-state index contributed by atoms with van der Waals surface area (Å²) in [6.45, 7) is 4.73. The quantitative estimate of drug-likeness (QED) is 0.177. The highest BCUT2D eigenvalue weighted by atomic mass is 32.1. The minimum Gasteiger partial charge on any atom is -0.507 e. The first-order valence-corrected chi connectivity index (χ1v) is 13.0. The number of rotatable bonds is 8. The first kappa shape index (κ1) is 25.3. The van der Waals surface area contributed by atoms with E-state index in [2.05, 4.69) is 4.98 Å². The molecule has 194 valence electrons. The Hall–Kier alpha value is -4.37. The maximum atomic E-state index is 13.5. The second-order valence-electron chi connectivity index (χ2n) is 8.44. The van der Waals surface area contributed by atoms with Crippen molar-refractivity contribution < 1.29 is 28.9 Å². The van der Waals surface area contributed by atoms with Gasteiger partial charge in [-0.1, -0.05) is 47.7 Å². The smallest absolute Gasteiger partial charge is 0.301 e. The number of Topliss-reactive ketones (excluding diaryl/α,β-unsaturated/α-hetero) is 1. The van der Waals surface area contributed by atoms with Crippen molar-refractivity contribution in [2.75, 3.05) is 25.2 Å². The van der Waals surface area contributed by atoms with Crippen LogP contribution in [0.1, 0.15) is 31.0 Å². The van der Waals surface area contributed by atoms with Crippen LogP contribution in [0.15, 0.2) is 72.3 Å². The van der Waals surface area contributed by atoms with Crippen LogP contribution in [-0.4, -0.2) is 42.1 Å². The van der Waals surface area contributed by atoms with E-state index in [0.29, 0.717) is 52.2 Å². The van der Waals surface area contributed by atoms with Crippen molar-refractivity contribution in [1.82, 2.24) is 4.98 Å². The number of benzene rings is 3. The third-order valence-electron chi connectivity index (χ3n) is 6.16. The van der Waals surface area contributed by atoms with Gasteiger partial charge in [0.2, 0.25) is 0 Å². The molecule has 1 N–H and O–H groups in total. The van der Waals surface area contributed by atoms with Gasteiger partial charge in [0.25, 0.3) is 5.78 Å². The maximum absolute atomic E-state index is 13.5. The van der Waals surface area contributed by atoms with Crippen molar-refractivity contribution in [3.63, 3.8) is 0 Å². The van der Waals surface area contributed by atoms with Crippen molar-refractivity contribution >= 4 is 44.1 Å². The van der Waals surface area contributed by atoms with Crippen molar-refractivity contribution in [2.45, 2.75) is 19.9 Å². The number of methoxy groups -OCH3 is 1. The van der Waals surface area contributed by atoms with Gasteiger partial charge in [-0.25, -0.2) is 4.98 Å². The lowest BCUT2D eigenvalue weighted by Crippen LogP contribution is -2.29. The number of aliphatic hydroxyl groups is 1. The Morgan fingerprint density at radius 2 is 1.74 bits per heavy atom. The van der Waals surface area contributed by atoms with E-state index in [9.17, 15) is 14.7 Å². The van der Waals surface area contributed by atoms with Crippen LogP contribution in [0.25, 0.3) is 16.0 Å². The van der Waals surface area contributed by atoms with Gasteiger partial charge in [-0.3, -0.25) is 14.5 Å². The molecule has 0 aliphatic carbocycles. The number of anilines is 1. The Morgan fingerprint density at radius 3 is 2.45 bits per heavy atom. The first-order valence-electron chi connectivity index (χ1n) is 12.2. The van der Waals surface area contributed by atoms with Gasteiger partial charge < -0.3 is 19.3 Å². The summed E-state index contributed by atoms with van der Waals surface area (Å²) in [6.07, 6.45) is 0. The number of hydrogen-bond acceptors (Lipinski definition) is 8. The van der Waals surface area contributed by atoms with E-state index in [1.165, 1.54) is 23.3 Å². The van der Waals surface area contributed by atoms with Gasteiger partial charge in [0.15, 0.2) is 16.6 Å². The fourth-order valence-corrected chi connectivity index (χ4v) is 5.50. The van der Waals surface area contributed by atoms with Crippen molar-refractivity contribution in [3.05, 3.63) is 83.4 Å². The first-order chi connectivity index (χ1) is 18.5. The predicted octanol–water partition coefficient (Wildman–Crippen LogP) is 5.73. The number of amides is 1. The zero-order chi connectivity index (χ0) is 26.8. The molecule has 1 amide bonds. The highest BCUT2D eigenvalue weighted by Gasteiger charge is 2.48. The van der Waals surface area contributed by atoms with Gasteiger partial charge in [-0.05, 0) is 49.7 Å². The molecule has 1 aliphatic rings. The molecule has 4 aromatic rings. The number of nitrogens with zero attached hydrogens (tertiary/aromatic N) is 2. The zero-order valence-corrected chi connectivity index (χ0v) is 22.0. The molecule has 38 heavy (non-hydrogen) atoms. The lowest BCUT2D eigenvalue weighted by atomic mass is 9.95.